The van der Waals surface area contributed by atoms with Crippen molar-refractivity contribution in [2.75, 3.05) is 23.4 Å². The molecule has 12 heteroatoms. The summed E-state index contributed by atoms with van der Waals surface area (Å²) in [6, 6.07) is 12.7. The maximum atomic E-state index is 13.2. The highest BCUT2D eigenvalue weighted by molar-refractivity contribution is 9.10. The topological polar surface area (TPSA) is 134 Å². The number of amides is 5. The number of carbonyl (C=O) groups is 4. The Kier molecular flexibility index (Phi) is 8.76. The second-order valence-corrected chi connectivity index (χ2v) is 9.80. The number of ether oxygens (including phenoxy) is 2. The van der Waals surface area contributed by atoms with E-state index in [9.17, 15) is 24.3 Å². The summed E-state index contributed by atoms with van der Waals surface area (Å²) in [5, 5.41) is 14.9. The normalized spacial score (nSPS) is 14.2. The smallest absolute Gasteiger partial charge is 0.335 e. The molecule has 0 aromatic heterocycles. The molecule has 40 heavy (non-hydrogen) atoms. The number of aryl methyl sites for hydroxylation is 1. The summed E-state index contributed by atoms with van der Waals surface area (Å²) < 4.78 is 11.8. The van der Waals surface area contributed by atoms with Crippen LogP contribution in [0.5, 0.6) is 17.2 Å². The fraction of sp³-hybridized carbons (Fsp3) is 0.143. The van der Waals surface area contributed by atoms with Gasteiger partial charge in [0.25, 0.3) is 17.7 Å². The number of benzene rings is 3. The fourth-order valence-electron chi connectivity index (χ4n) is 3.74. The Morgan fingerprint density at radius 1 is 1.10 bits per heavy atom. The molecule has 0 bridgehead atoms. The number of carbonyl (C=O) groups excluding carboxylic acids is 4. The highest BCUT2D eigenvalue weighted by Gasteiger charge is 2.37. The molecule has 1 fully saturated rings. The van der Waals surface area contributed by atoms with Crippen molar-refractivity contribution in [3.05, 3.63) is 80.8 Å². The van der Waals surface area contributed by atoms with Gasteiger partial charge in [-0.1, -0.05) is 17.7 Å². The molecule has 5 amide bonds. The standard InChI is InChI=1S/C28H23BrClN3O7/c1-3-39-23-12-16(10-20-26(36)32-28(38)33(27(20)37)18-6-8-19(34)9-7-18)11-21(29)25(23)40-14-24(35)31-17-5-4-15(2)22(30)13-17/h4-13,34H,3,14H2,1-2H3,(H,31,35)(H,32,36,38)/b20-10-. The maximum absolute atomic E-state index is 13.2. The Morgan fingerprint density at radius 2 is 1.82 bits per heavy atom. The number of aromatic hydroxyl groups is 1. The Bertz CT molecular complexity index is 1540. The highest BCUT2D eigenvalue weighted by atomic mass is 79.9. The molecular formula is C28H23BrClN3O7. The molecule has 1 heterocycles. The van der Waals surface area contributed by atoms with Crippen molar-refractivity contribution in [1.82, 2.24) is 5.32 Å². The van der Waals surface area contributed by atoms with Crippen LogP contribution in [0.4, 0.5) is 16.2 Å². The number of halogens is 2. The summed E-state index contributed by atoms with van der Waals surface area (Å²) in [4.78, 5) is 51.4. The second kappa shape index (κ2) is 12.2. The minimum Gasteiger partial charge on any atom is -0.508 e. The van der Waals surface area contributed by atoms with Gasteiger partial charge in [0.15, 0.2) is 18.1 Å². The van der Waals surface area contributed by atoms with Crippen LogP contribution < -0.4 is 25.0 Å². The lowest BCUT2D eigenvalue weighted by Gasteiger charge is -2.26. The van der Waals surface area contributed by atoms with E-state index in [0.29, 0.717) is 20.7 Å². The van der Waals surface area contributed by atoms with Gasteiger partial charge >= 0.3 is 6.03 Å². The molecule has 0 saturated carbocycles. The van der Waals surface area contributed by atoms with Crippen LogP contribution in [-0.2, 0) is 14.4 Å². The summed E-state index contributed by atoms with van der Waals surface area (Å²) in [5.74, 6) is -1.70. The minimum atomic E-state index is -0.913. The number of anilines is 2. The van der Waals surface area contributed by atoms with Gasteiger partial charge in [-0.15, -0.1) is 0 Å². The number of barbiturate groups is 1. The van der Waals surface area contributed by atoms with Crippen molar-refractivity contribution in [3.63, 3.8) is 0 Å². The first-order valence-electron chi connectivity index (χ1n) is 11.9. The lowest BCUT2D eigenvalue weighted by atomic mass is 10.1. The molecule has 10 nitrogen and oxygen atoms in total. The number of phenols is 1. The van der Waals surface area contributed by atoms with E-state index in [-0.39, 0.29) is 41.7 Å². The van der Waals surface area contributed by atoms with Crippen LogP contribution in [0.15, 0.2) is 64.6 Å². The number of nitrogens with zero attached hydrogens (tertiary/aromatic N) is 1. The monoisotopic (exact) mass is 627 g/mol. The van der Waals surface area contributed by atoms with Gasteiger partial charge < -0.3 is 19.9 Å². The number of phenolic OH excluding ortho intramolecular Hbond substituents is 1. The van der Waals surface area contributed by atoms with E-state index >= 15 is 0 Å². The lowest BCUT2D eigenvalue weighted by molar-refractivity contribution is -0.122. The predicted octanol–water partition coefficient (Wildman–Crippen LogP) is 5.20. The van der Waals surface area contributed by atoms with E-state index in [1.165, 1.54) is 36.4 Å². The van der Waals surface area contributed by atoms with Crippen molar-refractivity contribution >= 4 is 68.7 Å². The summed E-state index contributed by atoms with van der Waals surface area (Å²) in [7, 11) is 0. The van der Waals surface area contributed by atoms with Crippen LogP contribution in [0.2, 0.25) is 5.02 Å². The van der Waals surface area contributed by atoms with Gasteiger partial charge in [-0.3, -0.25) is 19.7 Å². The van der Waals surface area contributed by atoms with E-state index in [1.807, 2.05) is 6.92 Å². The van der Waals surface area contributed by atoms with Gasteiger partial charge in [-0.25, -0.2) is 9.69 Å². The summed E-state index contributed by atoms with van der Waals surface area (Å²) >= 11 is 9.52. The predicted molar refractivity (Wildman–Crippen MR) is 153 cm³/mol. The van der Waals surface area contributed by atoms with Gasteiger partial charge in [0, 0.05) is 10.7 Å². The molecule has 4 rings (SSSR count). The second-order valence-electron chi connectivity index (χ2n) is 8.54. The van der Waals surface area contributed by atoms with Crippen LogP contribution in [0, 0.1) is 6.92 Å². The van der Waals surface area contributed by atoms with E-state index in [0.717, 1.165) is 10.5 Å². The number of hydrogen-bond acceptors (Lipinski definition) is 7. The Balaban J connectivity index is 1.57. The molecule has 0 unspecified atom stereocenters. The zero-order chi connectivity index (χ0) is 29.0. The van der Waals surface area contributed by atoms with Gasteiger partial charge in [0.1, 0.15) is 11.3 Å². The molecule has 206 valence electrons. The largest absolute Gasteiger partial charge is 0.508 e. The van der Waals surface area contributed by atoms with E-state index < -0.39 is 23.8 Å². The SMILES string of the molecule is CCOc1cc(/C=C2/C(=O)NC(=O)N(c3ccc(O)cc3)C2=O)cc(Br)c1OCC(=O)Nc1ccc(C)c(Cl)c1. The number of rotatable bonds is 8. The quantitative estimate of drug-likeness (QED) is 0.231. The Labute approximate surface area is 242 Å². The first kappa shape index (κ1) is 28.7. The zero-order valence-electron chi connectivity index (χ0n) is 21.3. The average Bonchev–Trinajstić information content (AvgIpc) is 2.89. The summed E-state index contributed by atoms with van der Waals surface area (Å²) in [5.41, 5.74) is 1.66. The van der Waals surface area contributed by atoms with Crippen LogP contribution in [-0.4, -0.2) is 42.1 Å². The molecule has 0 radical (unpaired) electrons. The Morgan fingerprint density at radius 3 is 2.50 bits per heavy atom. The molecule has 3 aromatic carbocycles. The third kappa shape index (κ3) is 6.44. The third-order valence-electron chi connectivity index (χ3n) is 5.66. The van der Waals surface area contributed by atoms with Crippen LogP contribution >= 0.6 is 27.5 Å². The number of nitrogens with one attached hydrogen (secondary N) is 2. The molecule has 0 spiro atoms. The number of hydrogen-bond donors (Lipinski definition) is 3. The molecule has 3 aromatic rings. The minimum absolute atomic E-state index is 0.0481. The lowest BCUT2D eigenvalue weighted by Crippen LogP contribution is -2.54. The van der Waals surface area contributed by atoms with Crippen molar-refractivity contribution < 1.29 is 33.8 Å². The van der Waals surface area contributed by atoms with E-state index in [4.69, 9.17) is 21.1 Å². The van der Waals surface area contributed by atoms with Crippen LogP contribution in [0.25, 0.3) is 6.08 Å². The first-order chi connectivity index (χ1) is 19.1. The average molecular weight is 629 g/mol. The molecule has 1 aliphatic rings. The summed E-state index contributed by atoms with van der Waals surface area (Å²) in [6.45, 7) is 3.54. The first-order valence-corrected chi connectivity index (χ1v) is 13.1. The van der Waals surface area contributed by atoms with Crippen LogP contribution in [0.3, 0.4) is 0 Å². The molecule has 1 saturated heterocycles. The molecule has 0 atom stereocenters. The molecule has 1 aliphatic heterocycles. The third-order valence-corrected chi connectivity index (χ3v) is 6.65. The van der Waals surface area contributed by atoms with E-state index in [2.05, 4.69) is 26.6 Å². The van der Waals surface area contributed by atoms with Gasteiger partial charge in [0.2, 0.25) is 0 Å². The van der Waals surface area contributed by atoms with Crippen LogP contribution in [0.1, 0.15) is 18.1 Å². The van der Waals surface area contributed by atoms with Crippen molar-refractivity contribution in [3.8, 4) is 17.2 Å². The van der Waals surface area contributed by atoms with Crippen molar-refractivity contribution in [2.45, 2.75) is 13.8 Å². The summed E-state index contributed by atoms with van der Waals surface area (Å²) in [6.07, 6.45) is 1.31. The van der Waals surface area contributed by atoms with Gasteiger partial charge in [-0.2, -0.15) is 0 Å². The van der Waals surface area contributed by atoms with Gasteiger partial charge in [-0.05, 0) is 95.5 Å². The highest BCUT2D eigenvalue weighted by Crippen LogP contribution is 2.38. The number of imide groups is 2. The molecule has 3 N–H and O–H groups in total. The number of urea groups is 1. The Hall–Kier alpha value is -4.35. The zero-order valence-corrected chi connectivity index (χ0v) is 23.6. The van der Waals surface area contributed by atoms with Gasteiger partial charge in [0.05, 0.1) is 16.8 Å². The fourth-order valence-corrected chi connectivity index (χ4v) is 4.49. The molecule has 0 aliphatic carbocycles. The van der Waals surface area contributed by atoms with Crippen molar-refractivity contribution in [1.29, 1.82) is 0 Å². The molecular weight excluding hydrogens is 606 g/mol. The maximum Gasteiger partial charge on any atom is 0.335 e. The van der Waals surface area contributed by atoms with E-state index in [1.54, 1.807) is 31.2 Å². The van der Waals surface area contributed by atoms with Crippen molar-refractivity contribution in [2.24, 2.45) is 0 Å².